The van der Waals surface area contributed by atoms with Gasteiger partial charge < -0.3 is 15.2 Å². The van der Waals surface area contributed by atoms with Gasteiger partial charge >= 0.3 is 5.97 Å². The van der Waals surface area contributed by atoms with Crippen LogP contribution in [0.3, 0.4) is 0 Å². The van der Waals surface area contributed by atoms with E-state index in [0.717, 1.165) is 17.7 Å². The summed E-state index contributed by atoms with van der Waals surface area (Å²) < 4.78 is 5.60. The molecule has 1 atom stereocenters. The Bertz CT molecular complexity index is 493. The topological polar surface area (TPSA) is 75.6 Å². The van der Waals surface area contributed by atoms with Crippen LogP contribution in [0.25, 0.3) is 0 Å². The number of hydrogen-bond donors (Lipinski definition) is 2. The maximum atomic E-state index is 11.7. The molecule has 2 N–H and O–H groups in total. The van der Waals surface area contributed by atoms with Crippen LogP contribution in [0.1, 0.15) is 31.7 Å². The van der Waals surface area contributed by atoms with E-state index in [9.17, 15) is 9.59 Å². The van der Waals surface area contributed by atoms with Crippen LogP contribution < -0.4 is 10.1 Å². The summed E-state index contributed by atoms with van der Waals surface area (Å²) in [5.41, 5.74) is 1.11. The smallest absolute Gasteiger partial charge is 0.313 e. The van der Waals surface area contributed by atoms with E-state index in [4.69, 9.17) is 9.84 Å². The van der Waals surface area contributed by atoms with Crippen molar-refractivity contribution in [2.75, 3.05) is 24.7 Å². The summed E-state index contributed by atoms with van der Waals surface area (Å²) in [6.07, 6.45) is 1.01. The van der Waals surface area contributed by atoms with Crippen molar-refractivity contribution in [3.8, 4) is 5.75 Å². The van der Waals surface area contributed by atoms with Crippen LogP contribution in [0.15, 0.2) is 24.3 Å². The third kappa shape index (κ3) is 6.85. The molecule has 22 heavy (non-hydrogen) atoms. The monoisotopic (exact) mass is 325 g/mol. The van der Waals surface area contributed by atoms with Gasteiger partial charge in [0.15, 0.2) is 6.61 Å². The standard InChI is InChI=1S/C16H23NO4S/c1-3-12(2)13-6-4-5-7-14(13)21-10-15(18)17-8-9-22-11-16(19)20/h4-7,12H,3,8-11H2,1-2H3,(H,17,18)(H,19,20). The number of ether oxygens (including phenoxy) is 1. The molecule has 0 aliphatic heterocycles. The van der Waals surface area contributed by atoms with Crippen molar-refractivity contribution in [2.45, 2.75) is 26.2 Å². The number of carboxylic acids is 1. The molecule has 0 saturated heterocycles. The zero-order valence-electron chi connectivity index (χ0n) is 13.0. The van der Waals surface area contributed by atoms with E-state index in [1.54, 1.807) is 0 Å². The van der Waals surface area contributed by atoms with E-state index in [1.807, 2.05) is 24.3 Å². The van der Waals surface area contributed by atoms with E-state index in [1.165, 1.54) is 11.8 Å². The molecule has 5 nitrogen and oxygen atoms in total. The molecule has 1 unspecified atom stereocenters. The van der Waals surface area contributed by atoms with Gasteiger partial charge in [-0.3, -0.25) is 9.59 Å². The summed E-state index contributed by atoms with van der Waals surface area (Å²) in [6, 6.07) is 7.75. The van der Waals surface area contributed by atoms with Gasteiger partial charge in [-0.25, -0.2) is 0 Å². The lowest BCUT2D eigenvalue weighted by Gasteiger charge is -2.15. The Hall–Kier alpha value is -1.69. The molecule has 0 spiro atoms. The number of nitrogens with one attached hydrogen (secondary N) is 1. The number of amides is 1. The van der Waals surface area contributed by atoms with E-state index >= 15 is 0 Å². The summed E-state index contributed by atoms with van der Waals surface area (Å²) in [4.78, 5) is 22.0. The molecule has 0 aliphatic carbocycles. The van der Waals surface area contributed by atoms with Crippen LogP contribution in [-0.4, -0.2) is 41.6 Å². The van der Waals surface area contributed by atoms with Gasteiger partial charge in [0.2, 0.25) is 0 Å². The fourth-order valence-electron chi connectivity index (χ4n) is 1.86. The minimum atomic E-state index is -0.846. The second kappa shape index (κ2) is 10.1. The molecule has 1 rings (SSSR count). The van der Waals surface area contributed by atoms with Crippen molar-refractivity contribution < 1.29 is 19.4 Å². The Morgan fingerprint density at radius 1 is 1.36 bits per heavy atom. The minimum absolute atomic E-state index is 0.0307. The van der Waals surface area contributed by atoms with Gasteiger partial charge in [0.05, 0.1) is 5.75 Å². The number of carbonyl (C=O) groups excluding carboxylic acids is 1. The molecular weight excluding hydrogens is 302 g/mol. The van der Waals surface area contributed by atoms with Crippen molar-refractivity contribution in [2.24, 2.45) is 0 Å². The summed E-state index contributed by atoms with van der Waals surface area (Å²) in [5, 5.41) is 11.2. The molecule has 1 amide bonds. The number of carbonyl (C=O) groups is 2. The fourth-order valence-corrected chi connectivity index (χ4v) is 2.42. The molecule has 0 heterocycles. The molecule has 0 aromatic heterocycles. The second-order valence-corrected chi connectivity index (χ2v) is 6.04. The van der Waals surface area contributed by atoms with E-state index < -0.39 is 5.97 Å². The molecule has 0 saturated carbocycles. The number of benzene rings is 1. The quantitative estimate of drug-likeness (QED) is 0.647. The highest BCUT2D eigenvalue weighted by molar-refractivity contribution is 7.99. The zero-order chi connectivity index (χ0) is 16.4. The van der Waals surface area contributed by atoms with Gasteiger partial charge in [0.1, 0.15) is 5.75 Å². The highest BCUT2D eigenvalue weighted by Crippen LogP contribution is 2.28. The van der Waals surface area contributed by atoms with Gasteiger partial charge in [-0.05, 0) is 24.0 Å². The maximum Gasteiger partial charge on any atom is 0.313 e. The number of carboxylic acid groups (broad SMARTS) is 1. The predicted molar refractivity (Wildman–Crippen MR) is 88.6 cm³/mol. The van der Waals surface area contributed by atoms with E-state index in [2.05, 4.69) is 19.2 Å². The first kappa shape index (κ1) is 18.4. The molecule has 0 fully saturated rings. The van der Waals surface area contributed by atoms with Crippen LogP contribution in [0.5, 0.6) is 5.75 Å². The van der Waals surface area contributed by atoms with Gasteiger partial charge in [-0.15, -0.1) is 11.8 Å². The predicted octanol–water partition coefficient (Wildman–Crippen LogP) is 2.51. The first-order valence-corrected chi connectivity index (χ1v) is 8.48. The lowest BCUT2D eigenvalue weighted by Crippen LogP contribution is -2.31. The molecule has 122 valence electrons. The molecule has 0 bridgehead atoms. The Morgan fingerprint density at radius 3 is 2.77 bits per heavy atom. The summed E-state index contributed by atoms with van der Waals surface area (Å²) in [5.74, 6) is 0.700. The zero-order valence-corrected chi connectivity index (χ0v) is 13.8. The lowest BCUT2D eigenvalue weighted by molar-refractivity contribution is -0.133. The summed E-state index contributed by atoms with van der Waals surface area (Å²) in [6.45, 7) is 4.65. The number of aliphatic carboxylic acids is 1. The first-order valence-electron chi connectivity index (χ1n) is 7.32. The van der Waals surface area contributed by atoms with E-state index in [0.29, 0.717) is 18.2 Å². The van der Waals surface area contributed by atoms with Crippen LogP contribution in [0.2, 0.25) is 0 Å². The molecule has 1 aromatic carbocycles. The molecule has 1 aromatic rings. The van der Waals surface area contributed by atoms with E-state index in [-0.39, 0.29) is 18.3 Å². The third-order valence-corrected chi connectivity index (χ3v) is 4.16. The summed E-state index contributed by atoms with van der Waals surface area (Å²) in [7, 11) is 0. The third-order valence-electron chi connectivity index (χ3n) is 3.22. The van der Waals surface area contributed by atoms with Crippen LogP contribution >= 0.6 is 11.8 Å². The maximum absolute atomic E-state index is 11.7. The van der Waals surface area contributed by atoms with Gasteiger partial charge in [-0.2, -0.15) is 0 Å². The normalized spacial score (nSPS) is 11.7. The number of rotatable bonds is 10. The Balaban J connectivity index is 2.34. The SMILES string of the molecule is CCC(C)c1ccccc1OCC(=O)NCCSCC(=O)O. The molecule has 0 aliphatic rings. The molecular formula is C16H23NO4S. The van der Waals surface area contributed by atoms with Crippen molar-refractivity contribution in [3.63, 3.8) is 0 Å². The van der Waals surface area contributed by atoms with Gasteiger partial charge in [-0.1, -0.05) is 32.0 Å². The minimum Gasteiger partial charge on any atom is -0.483 e. The van der Waals surface area contributed by atoms with Crippen molar-refractivity contribution in [3.05, 3.63) is 29.8 Å². The largest absolute Gasteiger partial charge is 0.483 e. The second-order valence-electron chi connectivity index (χ2n) is 4.93. The van der Waals surface area contributed by atoms with Gasteiger partial charge in [0.25, 0.3) is 5.91 Å². The Kier molecular flexibility index (Phi) is 8.43. The number of thioether (sulfide) groups is 1. The Labute approximate surface area is 135 Å². The van der Waals surface area contributed by atoms with Crippen LogP contribution in [-0.2, 0) is 9.59 Å². The fraction of sp³-hybridized carbons (Fsp3) is 0.500. The number of hydrogen-bond acceptors (Lipinski definition) is 4. The first-order chi connectivity index (χ1) is 10.5. The lowest BCUT2D eigenvalue weighted by atomic mass is 9.98. The van der Waals surface area contributed by atoms with Crippen LogP contribution in [0, 0.1) is 0 Å². The van der Waals surface area contributed by atoms with Crippen molar-refractivity contribution in [1.82, 2.24) is 5.32 Å². The Morgan fingerprint density at radius 2 is 2.09 bits per heavy atom. The van der Waals surface area contributed by atoms with Gasteiger partial charge in [0, 0.05) is 12.3 Å². The van der Waals surface area contributed by atoms with Crippen molar-refractivity contribution in [1.29, 1.82) is 0 Å². The highest BCUT2D eigenvalue weighted by Gasteiger charge is 2.10. The highest BCUT2D eigenvalue weighted by atomic mass is 32.2. The average Bonchev–Trinajstić information content (AvgIpc) is 2.51. The molecule has 6 heteroatoms. The number of para-hydroxylation sites is 1. The molecule has 0 radical (unpaired) electrons. The van der Waals surface area contributed by atoms with Crippen LogP contribution in [0.4, 0.5) is 0 Å². The van der Waals surface area contributed by atoms with Crippen molar-refractivity contribution >= 4 is 23.6 Å². The average molecular weight is 325 g/mol. The summed E-state index contributed by atoms with van der Waals surface area (Å²) >= 11 is 1.27.